The lowest BCUT2D eigenvalue weighted by atomic mass is 10.1. The Balaban J connectivity index is 2.63. The maximum absolute atomic E-state index is 13.2. The van der Waals surface area contributed by atoms with Gasteiger partial charge in [0.15, 0.2) is 5.78 Å². The minimum Gasteiger partial charge on any atom is -0.293 e. The van der Waals surface area contributed by atoms with Gasteiger partial charge in [-0.05, 0) is 25.0 Å². The lowest BCUT2D eigenvalue weighted by Gasteiger charge is -2.07. The van der Waals surface area contributed by atoms with E-state index in [0.29, 0.717) is 22.1 Å². The lowest BCUT2D eigenvalue weighted by molar-refractivity contribution is 0.102. The van der Waals surface area contributed by atoms with Crippen LogP contribution in [-0.2, 0) is 0 Å². The number of benzene rings is 1. The second kappa shape index (κ2) is 6.04. The third-order valence-corrected chi connectivity index (χ3v) is 3.90. The van der Waals surface area contributed by atoms with Crippen LogP contribution in [0.2, 0.25) is 0 Å². The van der Waals surface area contributed by atoms with Gasteiger partial charge in [0.1, 0.15) is 5.82 Å². The maximum Gasteiger partial charge on any atom is 0.172 e. The van der Waals surface area contributed by atoms with Crippen LogP contribution in [0.15, 0.2) is 18.2 Å². The Labute approximate surface area is 100 Å². The van der Waals surface area contributed by atoms with Crippen molar-refractivity contribution in [3.05, 3.63) is 35.1 Å². The van der Waals surface area contributed by atoms with Gasteiger partial charge in [0.2, 0.25) is 0 Å². The van der Waals surface area contributed by atoms with Crippen LogP contribution in [-0.4, -0.2) is 16.8 Å². The predicted octanol–water partition coefficient (Wildman–Crippen LogP) is 3.85. The molecule has 0 aliphatic heterocycles. The fraction of sp³-hybridized carbons (Fsp3) is 0.462. The smallest absolute Gasteiger partial charge is 0.172 e. The zero-order chi connectivity index (χ0) is 12.1. The van der Waals surface area contributed by atoms with Gasteiger partial charge < -0.3 is 0 Å². The first-order valence-corrected chi connectivity index (χ1v) is 6.50. The minimum atomic E-state index is -0.306. The Hall–Kier alpha value is -0.830. The molecule has 16 heavy (non-hydrogen) atoms. The molecular weight excluding hydrogens is 223 g/mol. The third-order valence-electron chi connectivity index (χ3n) is 2.57. The van der Waals surface area contributed by atoms with Crippen molar-refractivity contribution in [2.45, 2.75) is 32.4 Å². The van der Waals surface area contributed by atoms with Gasteiger partial charge in [-0.2, -0.15) is 11.8 Å². The SMILES string of the molecule is CCC(C)SCC(=O)c1ccc(C)c(F)c1. The van der Waals surface area contributed by atoms with Crippen LogP contribution in [0.5, 0.6) is 0 Å². The van der Waals surface area contributed by atoms with E-state index in [-0.39, 0.29) is 11.6 Å². The van der Waals surface area contributed by atoms with Crippen LogP contribution < -0.4 is 0 Å². The first kappa shape index (κ1) is 13.2. The monoisotopic (exact) mass is 240 g/mol. The number of hydrogen-bond donors (Lipinski definition) is 0. The Morgan fingerprint density at radius 2 is 2.19 bits per heavy atom. The molecule has 0 fully saturated rings. The molecule has 0 bridgehead atoms. The van der Waals surface area contributed by atoms with Crippen LogP contribution in [0.3, 0.4) is 0 Å². The minimum absolute atomic E-state index is 0.00389. The fourth-order valence-corrected chi connectivity index (χ4v) is 2.02. The van der Waals surface area contributed by atoms with Gasteiger partial charge in [0.25, 0.3) is 0 Å². The molecule has 1 aromatic carbocycles. The lowest BCUT2D eigenvalue weighted by Crippen LogP contribution is -2.06. The molecule has 1 rings (SSSR count). The molecule has 3 heteroatoms. The molecule has 1 atom stereocenters. The number of aryl methyl sites for hydroxylation is 1. The molecule has 0 aliphatic carbocycles. The number of rotatable bonds is 5. The largest absolute Gasteiger partial charge is 0.293 e. The molecule has 88 valence electrons. The normalized spacial score (nSPS) is 12.5. The van der Waals surface area contributed by atoms with E-state index in [4.69, 9.17) is 0 Å². The summed E-state index contributed by atoms with van der Waals surface area (Å²) in [5.74, 6) is 0.126. The predicted molar refractivity (Wildman–Crippen MR) is 67.7 cm³/mol. The fourth-order valence-electron chi connectivity index (χ4n) is 1.19. The van der Waals surface area contributed by atoms with Crippen LogP contribution in [0, 0.1) is 12.7 Å². The zero-order valence-electron chi connectivity index (χ0n) is 9.92. The second-order valence-electron chi connectivity index (χ2n) is 3.92. The van der Waals surface area contributed by atoms with Crippen LogP contribution >= 0.6 is 11.8 Å². The topological polar surface area (TPSA) is 17.1 Å². The Morgan fingerprint density at radius 3 is 2.75 bits per heavy atom. The standard InChI is InChI=1S/C13H17FOS/c1-4-10(3)16-8-13(15)11-6-5-9(2)12(14)7-11/h5-7,10H,4,8H2,1-3H3. The van der Waals surface area contributed by atoms with Crippen molar-refractivity contribution in [2.24, 2.45) is 0 Å². The van der Waals surface area contributed by atoms with Crippen molar-refractivity contribution < 1.29 is 9.18 Å². The highest BCUT2D eigenvalue weighted by Gasteiger charge is 2.10. The molecule has 1 unspecified atom stereocenters. The zero-order valence-corrected chi connectivity index (χ0v) is 10.7. The molecule has 0 aromatic heterocycles. The second-order valence-corrected chi connectivity index (χ2v) is 5.34. The molecule has 0 saturated carbocycles. The number of hydrogen-bond acceptors (Lipinski definition) is 2. The van der Waals surface area contributed by atoms with Gasteiger partial charge >= 0.3 is 0 Å². The molecule has 0 N–H and O–H groups in total. The first-order chi connectivity index (χ1) is 7.54. The number of thioether (sulfide) groups is 1. The van der Waals surface area contributed by atoms with Crippen molar-refractivity contribution in [1.82, 2.24) is 0 Å². The number of halogens is 1. The summed E-state index contributed by atoms with van der Waals surface area (Å²) in [6.45, 7) is 5.87. The number of carbonyl (C=O) groups is 1. The summed E-state index contributed by atoms with van der Waals surface area (Å²) in [5, 5.41) is 0.472. The van der Waals surface area contributed by atoms with Gasteiger partial charge in [-0.25, -0.2) is 4.39 Å². The summed E-state index contributed by atoms with van der Waals surface area (Å²) in [6, 6.07) is 4.67. The van der Waals surface area contributed by atoms with E-state index in [0.717, 1.165) is 6.42 Å². The Morgan fingerprint density at radius 1 is 1.50 bits per heavy atom. The van der Waals surface area contributed by atoms with Gasteiger partial charge in [-0.1, -0.05) is 26.0 Å². The van der Waals surface area contributed by atoms with Gasteiger partial charge in [0, 0.05) is 10.8 Å². The van der Waals surface area contributed by atoms with E-state index in [1.54, 1.807) is 30.8 Å². The summed E-state index contributed by atoms with van der Waals surface area (Å²) in [7, 11) is 0. The van der Waals surface area contributed by atoms with Crippen molar-refractivity contribution in [3.63, 3.8) is 0 Å². The maximum atomic E-state index is 13.2. The summed E-state index contributed by atoms with van der Waals surface area (Å²) >= 11 is 1.62. The van der Waals surface area contributed by atoms with E-state index < -0.39 is 0 Å². The molecule has 1 nitrogen and oxygen atoms in total. The Bertz CT molecular complexity index is 376. The summed E-state index contributed by atoms with van der Waals surface area (Å²) in [5.41, 5.74) is 1.05. The number of ketones is 1. The molecular formula is C13H17FOS. The highest BCUT2D eigenvalue weighted by atomic mass is 32.2. The van der Waals surface area contributed by atoms with Gasteiger partial charge in [-0.15, -0.1) is 0 Å². The summed E-state index contributed by atoms with van der Waals surface area (Å²) in [4.78, 5) is 11.7. The van der Waals surface area contributed by atoms with Crippen molar-refractivity contribution >= 4 is 17.5 Å². The quantitative estimate of drug-likeness (QED) is 0.727. The van der Waals surface area contributed by atoms with Crippen molar-refractivity contribution in [1.29, 1.82) is 0 Å². The van der Waals surface area contributed by atoms with E-state index in [1.165, 1.54) is 6.07 Å². The molecule has 0 spiro atoms. The molecule has 1 aromatic rings. The molecule has 0 radical (unpaired) electrons. The van der Waals surface area contributed by atoms with E-state index >= 15 is 0 Å². The average Bonchev–Trinajstić information content (AvgIpc) is 2.29. The number of Topliss-reactive ketones (excluding diaryl/α,β-unsaturated/α-hetero) is 1. The van der Waals surface area contributed by atoms with Crippen LogP contribution in [0.1, 0.15) is 36.2 Å². The van der Waals surface area contributed by atoms with Crippen LogP contribution in [0.25, 0.3) is 0 Å². The van der Waals surface area contributed by atoms with E-state index in [9.17, 15) is 9.18 Å². The Kier molecular flexibility index (Phi) is 5.00. The highest BCUT2D eigenvalue weighted by Crippen LogP contribution is 2.17. The van der Waals surface area contributed by atoms with Gasteiger partial charge in [-0.3, -0.25) is 4.79 Å². The number of carbonyl (C=O) groups excluding carboxylic acids is 1. The van der Waals surface area contributed by atoms with Crippen molar-refractivity contribution in [3.8, 4) is 0 Å². The third kappa shape index (κ3) is 3.63. The molecule has 0 amide bonds. The van der Waals surface area contributed by atoms with Crippen LogP contribution in [0.4, 0.5) is 4.39 Å². The molecule has 0 saturated heterocycles. The van der Waals surface area contributed by atoms with Gasteiger partial charge in [0.05, 0.1) is 5.75 Å². The van der Waals surface area contributed by atoms with E-state index in [2.05, 4.69) is 13.8 Å². The average molecular weight is 240 g/mol. The molecule has 0 aliphatic rings. The summed E-state index contributed by atoms with van der Waals surface area (Å²) in [6.07, 6.45) is 1.04. The molecule has 0 heterocycles. The highest BCUT2D eigenvalue weighted by molar-refractivity contribution is 8.00. The van der Waals surface area contributed by atoms with E-state index in [1.807, 2.05) is 0 Å². The summed E-state index contributed by atoms with van der Waals surface area (Å²) < 4.78 is 13.2. The van der Waals surface area contributed by atoms with Crippen molar-refractivity contribution in [2.75, 3.05) is 5.75 Å². The first-order valence-electron chi connectivity index (χ1n) is 5.45.